The summed E-state index contributed by atoms with van der Waals surface area (Å²) in [6.45, 7) is 4.17. The number of nitrogens with zero attached hydrogens (tertiary/aromatic N) is 2. The molecular weight excluding hydrogens is 234 g/mol. The normalized spacial score (nSPS) is 15.9. The van der Waals surface area contributed by atoms with E-state index in [2.05, 4.69) is 52.3 Å². The van der Waals surface area contributed by atoms with E-state index in [1.54, 1.807) is 0 Å². The lowest BCUT2D eigenvalue weighted by molar-refractivity contribution is 0.740. The van der Waals surface area contributed by atoms with Crippen LogP contribution in [0.2, 0.25) is 0 Å². The lowest BCUT2D eigenvalue weighted by atomic mass is 10.2. The fourth-order valence-electron chi connectivity index (χ4n) is 2.83. The highest BCUT2D eigenvalue weighted by molar-refractivity contribution is 5.45. The Morgan fingerprint density at radius 3 is 2.74 bits per heavy atom. The minimum atomic E-state index is 0.588. The van der Waals surface area contributed by atoms with Crippen molar-refractivity contribution >= 4 is 5.95 Å². The first kappa shape index (κ1) is 12.3. The van der Waals surface area contributed by atoms with Gasteiger partial charge in [0.15, 0.2) is 0 Å². The van der Waals surface area contributed by atoms with Gasteiger partial charge in [0, 0.05) is 17.9 Å². The summed E-state index contributed by atoms with van der Waals surface area (Å²) >= 11 is 0. The molecular formula is C16H21N3. The van der Waals surface area contributed by atoms with Gasteiger partial charge in [-0.2, -0.15) is 0 Å². The average molecular weight is 255 g/mol. The van der Waals surface area contributed by atoms with Crippen molar-refractivity contribution in [2.75, 3.05) is 5.32 Å². The first-order chi connectivity index (χ1) is 9.22. The average Bonchev–Trinajstić information content (AvgIpc) is 3.00. The SMILES string of the molecule is Cc1cccc(-n2cc(C)nc2NC2CCCC2)c1. The number of hydrogen-bond donors (Lipinski definition) is 1. The molecule has 0 unspecified atom stereocenters. The third-order valence-electron chi connectivity index (χ3n) is 3.79. The van der Waals surface area contributed by atoms with Crippen molar-refractivity contribution in [3.05, 3.63) is 41.7 Å². The fourth-order valence-corrected chi connectivity index (χ4v) is 2.83. The van der Waals surface area contributed by atoms with Gasteiger partial charge >= 0.3 is 0 Å². The molecule has 1 saturated carbocycles. The number of rotatable bonds is 3. The molecule has 0 radical (unpaired) electrons. The van der Waals surface area contributed by atoms with E-state index in [0.29, 0.717) is 6.04 Å². The minimum Gasteiger partial charge on any atom is -0.353 e. The largest absolute Gasteiger partial charge is 0.353 e. The summed E-state index contributed by atoms with van der Waals surface area (Å²) in [5, 5.41) is 3.60. The van der Waals surface area contributed by atoms with E-state index >= 15 is 0 Å². The first-order valence-corrected chi connectivity index (χ1v) is 7.12. The smallest absolute Gasteiger partial charge is 0.207 e. The van der Waals surface area contributed by atoms with Crippen molar-refractivity contribution in [3.63, 3.8) is 0 Å². The summed E-state index contributed by atoms with van der Waals surface area (Å²) in [6, 6.07) is 9.14. The third-order valence-corrected chi connectivity index (χ3v) is 3.79. The van der Waals surface area contributed by atoms with Gasteiger partial charge in [-0.3, -0.25) is 4.57 Å². The van der Waals surface area contributed by atoms with E-state index in [0.717, 1.165) is 11.6 Å². The van der Waals surface area contributed by atoms with Crippen LogP contribution >= 0.6 is 0 Å². The molecule has 100 valence electrons. The van der Waals surface area contributed by atoms with Gasteiger partial charge in [-0.25, -0.2) is 4.98 Å². The first-order valence-electron chi connectivity index (χ1n) is 7.12. The second-order valence-electron chi connectivity index (χ2n) is 5.54. The molecule has 2 aromatic rings. The minimum absolute atomic E-state index is 0.588. The van der Waals surface area contributed by atoms with E-state index in [-0.39, 0.29) is 0 Å². The molecule has 0 bridgehead atoms. The molecule has 0 aliphatic heterocycles. The van der Waals surface area contributed by atoms with Crippen LogP contribution in [0, 0.1) is 13.8 Å². The quantitative estimate of drug-likeness (QED) is 0.903. The number of aromatic nitrogens is 2. The highest BCUT2D eigenvalue weighted by Crippen LogP contribution is 2.24. The lowest BCUT2D eigenvalue weighted by Crippen LogP contribution is -2.17. The highest BCUT2D eigenvalue weighted by atomic mass is 15.2. The Morgan fingerprint density at radius 1 is 1.21 bits per heavy atom. The Hall–Kier alpha value is -1.77. The molecule has 3 nitrogen and oxygen atoms in total. The monoisotopic (exact) mass is 255 g/mol. The van der Waals surface area contributed by atoms with Crippen molar-refractivity contribution in [1.29, 1.82) is 0 Å². The van der Waals surface area contributed by atoms with Crippen LogP contribution in [-0.2, 0) is 0 Å². The molecule has 3 heteroatoms. The van der Waals surface area contributed by atoms with Gasteiger partial charge in [0.25, 0.3) is 0 Å². The Bertz CT molecular complexity index is 565. The molecule has 1 aliphatic rings. The predicted octanol–water partition coefficient (Wildman–Crippen LogP) is 3.84. The summed E-state index contributed by atoms with van der Waals surface area (Å²) < 4.78 is 2.17. The standard InChI is InChI=1S/C16H21N3/c1-12-6-5-9-15(10-12)19-11-13(2)17-16(19)18-14-7-3-4-8-14/h5-6,9-11,14H,3-4,7-8H2,1-2H3,(H,17,18). The van der Waals surface area contributed by atoms with Crippen LogP contribution in [0.1, 0.15) is 36.9 Å². The van der Waals surface area contributed by atoms with Crippen LogP contribution in [0.3, 0.4) is 0 Å². The topological polar surface area (TPSA) is 29.9 Å². The summed E-state index contributed by atoms with van der Waals surface area (Å²) in [4.78, 5) is 4.63. The van der Waals surface area contributed by atoms with E-state index in [4.69, 9.17) is 0 Å². The molecule has 1 aromatic carbocycles. The second kappa shape index (κ2) is 5.08. The van der Waals surface area contributed by atoms with Gasteiger partial charge in [-0.05, 0) is 44.4 Å². The highest BCUT2D eigenvalue weighted by Gasteiger charge is 2.17. The maximum atomic E-state index is 4.63. The molecule has 0 amide bonds. The van der Waals surface area contributed by atoms with Crippen molar-refractivity contribution in [1.82, 2.24) is 9.55 Å². The molecule has 1 heterocycles. The number of nitrogens with one attached hydrogen (secondary N) is 1. The second-order valence-corrected chi connectivity index (χ2v) is 5.54. The number of aryl methyl sites for hydroxylation is 2. The van der Waals surface area contributed by atoms with Crippen LogP contribution in [0.15, 0.2) is 30.5 Å². The van der Waals surface area contributed by atoms with E-state index in [1.807, 2.05) is 6.92 Å². The summed E-state index contributed by atoms with van der Waals surface area (Å²) in [5.41, 5.74) is 3.51. The zero-order valence-electron chi connectivity index (χ0n) is 11.7. The molecule has 1 aliphatic carbocycles. The van der Waals surface area contributed by atoms with Crippen LogP contribution in [0.25, 0.3) is 5.69 Å². The third kappa shape index (κ3) is 2.65. The van der Waals surface area contributed by atoms with Gasteiger partial charge in [-0.1, -0.05) is 25.0 Å². The van der Waals surface area contributed by atoms with Gasteiger partial charge < -0.3 is 5.32 Å². The maximum Gasteiger partial charge on any atom is 0.207 e. The van der Waals surface area contributed by atoms with Crippen LogP contribution in [-0.4, -0.2) is 15.6 Å². The molecule has 1 aromatic heterocycles. The van der Waals surface area contributed by atoms with E-state index in [9.17, 15) is 0 Å². The van der Waals surface area contributed by atoms with Crippen LogP contribution in [0.4, 0.5) is 5.95 Å². The van der Waals surface area contributed by atoms with Gasteiger partial charge in [0.05, 0.1) is 5.69 Å². The molecule has 1 N–H and O–H groups in total. The number of anilines is 1. The van der Waals surface area contributed by atoms with Gasteiger partial charge in [0.1, 0.15) is 0 Å². The predicted molar refractivity (Wildman–Crippen MR) is 78.9 cm³/mol. The molecule has 3 rings (SSSR count). The molecule has 0 saturated heterocycles. The van der Waals surface area contributed by atoms with Crippen LogP contribution in [0.5, 0.6) is 0 Å². The lowest BCUT2D eigenvalue weighted by Gasteiger charge is -2.15. The van der Waals surface area contributed by atoms with E-state index in [1.165, 1.54) is 36.9 Å². The molecule has 0 spiro atoms. The summed E-state index contributed by atoms with van der Waals surface area (Å²) in [6.07, 6.45) is 7.30. The van der Waals surface area contributed by atoms with Crippen molar-refractivity contribution in [2.45, 2.75) is 45.6 Å². The van der Waals surface area contributed by atoms with Gasteiger partial charge in [0.2, 0.25) is 5.95 Å². The number of imidazole rings is 1. The molecule has 0 atom stereocenters. The van der Waals surface area contributed by atoms with Crippen molar-refractivity contribution < 1.29 is 0 Å². The number of hydrogen-bond acceptors (Lipinski definition) is 2. The van der Waals surface area contributed by atoms with Crippen molar-refractivity contribution in [3.8, 4) is 5.69 Å². The van der Waals surface area contributed by atoms with Crippen molar-refractivity contribution in [2.24, 2.45) is 0 Å². The summed E-state index contributed by atoms with van der Waals surface area (Å²) in [5.74, 6) is 0.981. The fraction of sp³-hybridized carbons (Fsp3) is 0.438. The Balaban J connectivity index is 1.92. The Labute approximate surface area is 114 Å². The maximum absolute atomic E-state index is 4.63. The van der Waals surface area contributed by atoms with Crippen LogP contribution < -0.4 is 5.32 Å². The zero-order chi connectivity index (χ0) is 13.2. The number of benzene rings is 1. The summed E-state index contributed by atoms with van der Waals surface area (Å²) in [7, 11) is 0. The zero-order valence-corrected chi connectivity index (χ0v) is 11.7. The Morgan fingerprint density at radius 2 is 2.00 bits per heavy atom. The molecule has 1 fully saturated rings. The molecule has 19 heavy (non-hydrogen) atoms. The Kier molecular flexibility index (Phi) is 3.28. The van der Waals surface area contributed by atoms with Gasteiger partial charge in [-0.15, -0.1) is 0 Å². The van der Waals surface area contributed by atoms with E-state index < -0.39 is 0 Å².